The van der Waals surface area contributed by atoms with E-state index in [1.54, 1.807) is 0 Å². The number of rotatable bonds is 3. The van der Waals surface area contributed by atoms with Crippen molar-refractivity contribution in [3.63, 3.8) is 0 Å². The zero-order valence-electron chi connectivity index (χ0n) is 11.4. The monoisotopic (exact) mass is 261 g/mol. The molecule has 0 saturated heterocycles. The molecule has 1 aliphatic heterocycles. The van der Waals surface area contributed by atoms with Crippen LogP contribution in [0.25, 0.3) is 0 Å². The van der Waals surface area contributed by atoms with Crippen molar-refractivity contribution in [2.24, 2.45) is 0 Å². The van der Waals surface area contributed by atoms with Gasteiger partial charge in [0.15, 0.2) is 5.78 Å². The molecule has 1 aromatic carbocycles. The molecule has 1 unspecified atom stereocenters. The number of ether oxygens (including phenoxy) is 1. The molecule has 1 aromatic rings. The van der Waals surface area contributed by atoms with Gasteiger partial charge in [-0.25, -0.2) is 0 Å². The Morgan fingerprint density at radius 2 is 2.26 bits per heavy atom. The fraction of sp³-hybridized carbons (Fsp3) is 0.467. The normalized spacial score (nSPS) is 18.2. The molecule has 1 N–H and O–H groups in total. The summed E-state index contributed by atoms with van der Waals surface area (Å²) in [6.07, 6.45) is 1.74. The molecule has 1 amide bonds. The fourth-order valence-electron chi connectivity index (χ4n) is 2.20. The van der Waals surface area contributed by atoms with Crippen LogP contribution in [-0.2, 0) is 4.79 Å². The number of aryl methyl sites for hydroxylation is 1. The second kappa shape index (κ2) is 5.87. The van der Waals surface area contributed by atoms with Crippen LogP contribution in [-0.4, -0.2) is 24.3 Å². The highest BCUT2D eigenvalue weighted by molar-refractivity contribution is 6.04. The van der Waals surface area contributed by atoms with E-state index in [-0.39, 0.29) is 11.7 Å². The van der Waals surface area contributed by atoms with Gasteiger partial charge in [-0.15, -0.1) is 0 Å². The highest BCUT2D eigenvalue weighted by atomic mass is 16.5. The van der Waals surface area contributed by atoms with Crippen LogP contribution in [0.5, 0.6) is 5.75 Å². The minimum absolute atomic E-state index is 0.0550. The number of amides is 1. The lowest BCUT2D eigenvalue weighted by Gasteiger charge is -2.14. The smallest absolute Gasteiger partial charge is 0.220 e. The Morgan fingerprint density at radius 3 is 3.00 bits per heavy atom. The summed E-state index contributed by atoms with van der Waals surface area (Å²) >= 11 is 0. The molecule has 0 radical (unpaired) electrons. The SMILES string of the molecule is CCCC(=O)NC1CCOc2ccc(C)cc2C1=O. The first-order valence-corrected chi connectivity index (χ1v) is 6.69. The van der Waals surface area contributed by atoms with Crippen LogP contribution in [0.2, 0.25) is 0 Å². The lowest BCUT2D eigenvalue weighted by atomic mass is 10.00. The van der Waals surface area contributed by atoms with E-state index in [2.05, 4.69) is 5.32 Å². The van der Waals surface area contributed by atoms with Gasteiger partial charge in [0.05, 0.1) is 18.2 Å². The molecule has 4 nitrogen and oxygen atoms in total. The average Bonchev–Trinajstić information content (AvgIpc) is 2.51. The minimum atomic E-state index is -0.470. The van der Waals surface area contributed by atoms with E-state index in [9.17, 15) is 9.59 Å². The van der Waals surface area contributed by atoms with Crippen molar-refractivity contribution >= 4 is 11.7 Å². The summed E-state index contributed by atoms with van der Waals surface area (Å²) in [6.45, 7) is 4.32. The number of carbonyl (C=O) groups excluding carboxylic acids is 2. The van der Waals surface area contributed by atoms with Crippen LogP contribution in [0, 0.1) is 6.92 Å². The predicted molar refractivity (Wildman–Crippen MR) is 72.5 cm³/mol. The Kier molecular flexibility index (Phi) is 4.20. The predicted octanol–water partition coefficient (Wildman–Crippen LogP) is 2.25. The quantitative estimate of drug-likeness (QED) is 0.908. The fourth-order valence-corrected chi connectivity index (χ4v) is 2.20. The molecule has 0 fully saturated rings. The van der Waals surface area contributed by atoms with Crippen LogP contribution in [0.1, 0.15) is 42.1 Å². The van der Waals surface area contributed by atoms with Gasteiger partial charge in [0.1, 0.15) is 5.75 Å². The molecular formula is C15H19NO3. The zero-order chi connectivity index (χ0) is 13.8. The molecule has 0 aromatic heterocycles. The maximum atomic E-state index is 12.4. The van der Waals surface area contributed by atoms with Gasteiger partial charge in [0, 0.05) is 12.8 Å². The van der Waals surface area contributed by atoms with Gasteiger partial charge < -0.3 is 10.1 Å². The van der Waals surface area contributed by atoms with E-state index in [0.29, 0.717) is 30.8 Å². The van der Waals surface area contributed by atoms with E-state index in [0.717, 1.165) is 12.0 Å². The number of benzene rings is 1. The number of hydrogen-bond acceptors (Lipinski definition) is 3. The molecule has 0 aliphatic carbocycles. The minimum Gasteiger partial charge on any atom is -0.493 e. The van der Waals surface area contributed by atoms with E-state index < -0.39 is 6.04 Å². The first-order chi connectivity index (χ1) is 9.11. The maximum Gasteiger partial charge on any atom is 0.220 e. The van der Waals surface area contributed by atoms with Crippen molar-refractivity contribution in [1.82, 2.24) is 5.32 Å². The van der Waals surface area contributed by atoms with Crippen molar-refractivity contribution in [3.8, 4) is 5.75 Å². The summed E-state index contributed by atoms with van der Waals surface area (Å²) in [5.74, 6) is 0.487. The number of hydrogen-bond donors (Lipinski definition) is 1. The Hall–Kier alpha value is -1.84. The van der Waals surface area contributed by atoms with Gasteiger partial charge in [0.25, 0.3) is 0 Å². The summed E-state index contributed by atoms with van der Waals surface area (Å²) in [5, 5.41) is 2.80. The van der Waals surface area contributed by atoms with Crippen molar-refractivity contribution in [1.29, 1.82) is 0 Å². The summed E-state index contributed by atoms with van der Waals surface area (Å²) in [4.78, 5) is 24.1. The highest BCUT2D eigenvalue weighted by Crippen LogP contribution is 2.25. The molecular weight excluding hydrogens is 242 g/mol. The Bertz CT molecular complexity index is 496. The van der Waals surface area contributed by atoms with E-state index >= 15 is 0 Å². The van der Waals surface area contributed by atoms with E-state index in [1.165, 1.54) is 0 Å². The number of nitrogens with one attached hydrogen (secondary N) is 1. The van der Waals surface area contributed by atoms with Crippen LogP contribution in [0.3, 0.4) is 0 Å². The lowest BCUT2D eigenvalue weighted by molar-refractivity contribution is -0.121. The highest BCUT2D eigenvalue weighted by Gasteiger charge is 2.27. The summed E-state index contributed by atoms with van der Waals surface area (Å²) in [5.41, 5.74) is 1.58. The Morgan fingerprint density at radius 1 is 1.47 bits per heavy atom. The third kappa shape index (κ3) is 3.13. The molecule has 2 rings (SSSR count). The summed E-state index contributed by atoms with van der Waals surface area (Å²) < 4.78 is 5.57. The second-order valence-corrected chi connectivity index (χ2v) is 4.87. The number of Topliss-reactive ketones (excluding diaryl/α,β-unsaturated/α-hetero) is 1. The van der Waals surface area contributed by atoms with Crippen molar-refractivity contribution in [2.45, 2.75) is 39.2 Å². The molecule has 0 bridgehead atoms. The van der Waals surface area contributed by atoms with Crippen molar-refractivity contribution in [3.05, 3.63) is 29.3 Å². The van der Waals surface area contributed by atoms with Crippen LogP contribution >= 0.6 is 0 Å². The maximum absolute atomic E-state index is 12.4. The van der Waals surface area contributed by atoms with Gasteiger partial charge in [-0.1, -0.05) is 18.6 Å². The topological polar surface area (TPSA) is 55.4 Å². The number of carbonyl (C=O) groups is 2. The third-order valence-corrected chi connectivity index (χ3v) is 3.19. The third-order valence-electron chi connectivity index (χ3n) is 3.19. The standard InChI is InChI=1S/C15H19NO3/c1-3-4-14(17)16-12-7-8-19-13-6-5-10(2)9-11(13)15(12)18/h5-6,9,12H,3-4,7-8H2,1-2H3,(H,16,17). The van der Waals surface area contributed by atoms with E-state index in [1.807, 2.05) is 32.0 Å². The molecule has 1 atom stereocenters. The molecule has 4 heteroatoms. The largest absolute Gasteiger partial charge is 0.493 e. The molecule has 0 saturated carbocycles. The second-order valence-electron chi connectivity index (χ2n) is 4.87. The van der Waals surface area contributed by atoms with Crippen LogP contribution in [0.4, 0.5) is 0 Å². The van der Waals surface area contributed by atoms with Crippen molar-refractivity contribution < 1.29 is 14.3 Å². The number of ketones is 1. The zero-order valence-corrected chi connectivity index (χ0v) is 11.4. The lowest BCUT2D eigenvalue weighted by Crippen LogP contribution is -2.40. The average molecular weight is 261 g/mol. The van der Waals surface area contributed by atoms with Crippen molar-refractivity contribution in [2.75, 3.05) is 6.61 Å². The van der Waals surface area contributed by atoms with E-state index in [4.69, 9.17) is 4.74 Å². The molecule has 102 valence electrons. The Balaban J connectivity index is 2.20. The number of fused-ring (bicyclic) bond motifs is 1. The molecule has 1 aliphatic rings. The van der Waals surface area contributed by atoms with Gasteiger partial charge in [-0.2, -0.15) is 0 Å². The van der Waals surface area contributed by atoms with Gasteiger partial charge in [0.2, 0.25) is 5.91 Å². The first-order valence-electron chi connectivity index (χ1n) is 6.69. The first kappa shape index (κ1) is 13.6. The van der Waals surface area contributed by atoms with Gasteiger partial charge >= 0.3 is 0 Å². The van der Waals surface area contributed by atoms with Crippen LogP contribution in [0.15, 0.2) is 18.2 Å². The van der Waals surface area contributed by atoms with Gasteiger partial charge in [-0.3, -0.25) is 9.59 Å². The van der Waals surface area contributed by atoms with Crippen LogP contribution < -0.4 is 10.1 Å². The summed E-state index contributed by atoms with van der Waals surface area (Å²) in [7, 11) is 0. The van der Waals surface area contributed by atoms with Gasteiger partial charge in [-0.05, 0) is 25.5 Å². The summed E-state index contributed by atoms with van der Waals surface area (Å²) in [6, 6.07) is 5.09. The molecule has 19 heavy (non-hydrogen) atoms. The molecule has 1 heterocycles. The Labute approximate surface area is 113 Å². The molecule has 0 spiro atoms.